The zero-order valence-corrected chi connectivity index (χ0v) is 13.8. The van der Waals surface area contributed by atoms with E-state index in [1.165, 1.54) is 11.8 Å². The molecule has 120 valence electrons. The van der Waals surface area contributed by atoms with Crippen molar-refractivity contribution < 1.29 is 14.7 Å². The van der Waals surface area contributed by atoms with Gasteiger partial charge in [0.15, 0.2) is 0 Å². The number of carboxylic acid groups (broad SMARTS) is 1. The van der Waals surface area contributed by atoms with Crippen molar-refractivity contribution in [3.8, 4) is 0 Å². The summed E-state index contributed by atoms with van der Waals surface area (Å²) < 4.78 is 0. The summed E-state index contributed by atoms with van der Waals surface area (Å²) in [5.74, 6) is -0.950. The van der Waals surface area contributed by atoms with E-state index in [2.05, 4.69) is 5.32 Å². The molecule has 0 fully saturated rings. The summed E-state index contributed by atoms with van der Waals surface area (Å²) in [5.41, 5.74) is 0.717. The molecule has 23 heavy (non-hydrogen) atoms. The highest BCUT2D eigenvalue weighted by Gasteiger charge is 2.18. The molecule has 4 nitrogen and oxygen atoms in total. The Balaban J connectivity index is 1.98. The van der Waals surface area contributed by atoms with Gasteiger partial charge in [-0.25, -0.2) is 0 Å². The van der Waals surface area contributed by atoms with E-state index < -0.39 is 12.0 Å². The van der Waals surface area contributed by atoms with Gasteiger partial charge in [-0.05, 0) is 29.8 Å². The Labute approximate surface area is 143 Å². The van der Waals surface area contributed by atoms with Crippen molar-refractivity contribution in [2.45, 2.75) is 17.4 Å². The summed E-state index contributed by atoms with van der Waals surface area (Å²) in [6, 6.07) is 15.8. The maximum Gasteiger partial charge on any atom is 0.305 e. The van der Waals surface area contributed by atoms with Crippen LogP contribution in [0.15, 0.2) is 59.5 Å². The highest BCUT2D eigenvalue weighted by atomic mass is 35.5. The molecule has 0 radical (unpaired) electrons. The molecule has 0 unspecified atom stereocenters. The summed E-state index contributed by atoms with van der Waals surface area (Å²) in [6.07, 6.45) is -0.177. The van der Waals surface area contributed by atoms with E-state index in [1.54, 1.807) is 24.3 Å². The predicted molar refractivity (Wildman–Crippen MR) is 91.8 cm³/mol. The van der Waals surface area contributed by atoms with Crippen LogP contribution in [0.3, 0.4) is 0 Å². The van der Waals surface area contributed by atoms with Crippen LogP contribution in [-0.4, -0.2) is 22.7 Å². The monoisotopic (exact) mass is 349 g/mol. The first-order valence-electron chi connectivity index (χ1n) is 6.99. The molecule has 2 aromatic rings. The minimum Gasteiger partial charge on any atom is -0.481 e. The quantitative estimate of drug-likeness (QED) is 0.747. The topological polar surface area (TPSA) is 66.4 Å². The lowest BCUT2D eigenvalue weighted by molar-refractivity contribution is -0.137. The van der Waals surface area contributed by atoms with Gasteiger partial charge in [0, 0.05) is 9.92 Å². The third-order valence-corrected chi connectivity index (χ3v) is 4.36. The van der Waals surface area contributed by atoms with Crippen LogP contribution in [0.1, 0.15) is 18.0 Å². The lowest BCUT2D eigenvalue weighted by atomic mass is 10.0. The summed E-state index contributed by atoms with van der Waals surface area (Å²) >= 11 is 7.24. The van der Waals surface area contributed by atoms with Crippen LogP contribution in [0.4, 0.5) is 0 Å². The predicted octanol–water partition coefficient (Wildman–Crippen LogP) is 3.76. The Kier molecular flexibility index (Phi) is 6.50. The number of carboxylic acids is 1. The molecule has 2 rings (SSSR count). The number of amides is 1. The third-order valence-electron chi connectivity index (χ3n) is 3.10. The van der Waals surface area contributed by atoms with Crippen LogP contribution in [0.2, 0.25) is 5.02 Å². The van der Waals surface area contributed by atoms with E-state index in [1.807, 2.05) is 30.3 Å². The smallest absolute Gasteiger partial charge is 0.305 e. The Hall–Kier alpha value is -1.98. The molecule has 0 spiro atoms. The van der Waals surface area contributed by atoms with Gasteiger partial charge in [0.1, 0.15) is 0 Å². The molecule has 1 amide bonds. The standard InChI is InChI=1S/C17H16ClNO3S/c18-13-8-6-12(7-9-13)15(10-17(21)22)19-16(20)11-23-14-4-2-1-3-5-14/h1-9,15H,10-11H2,(H,19,20)(H,21,22)/t15-/m0/s1. The maximum atomic E-state index is 12.1. The van der Waals surface area contributed by atoms with Gasteiger partial charge in [0.2, 0.25) is 5.91 Å². The molecular formula is C17H16ClNO3S. The van der Waals surface area contributed by atoms with Crippen LogP contribution in [0.5, 0.6) is 0 Å². The van der Waals surface area contributed by atoms with E-state index in [4.69, 9.17) is 16.7 Å². The van der Waals surface area contributed by atoms with Crippen LogP contribution in [0.25, 0.3) is 0 Å². The minimum absolute atomic E-state index is 0.177. The van der Waals surface area contributed by atoms with Gasteiger partial charge < -0.3 is 10.4 Å². The Morgan fingerprint density at radius 2 is 1.74 bits per heavy atom. The number of halogens is 1. The van der Waals surface area contributed by atoms with Crippen molar-refractivity contribution in [3.05, 3.63) is 65.2 Å². The van der Waals surface area contributed by atoms with Gasteiger partial charge in [0.25, 0.3) is 0 Å². The highest BCUT2D eigenvalue weighted by molar-refractivity contribution is 8.00. The molecule has 0 aliphatic carbocycles. The summed E-state index contributed by atoms with van der Waals surface area (Å²) in [7, 11) is 0. The zero-order valence-electron chi connectivity index (χ0n) is 12.2. The largest absolute Gasteiger partial charge is 0.481 e. The molecule has 2 aromatic carbocycles. The second kappa shape index (κ2) is 8.60. The number of aliphatic carboxylic acids is 1. The van der Waals surface area contributed by atoms with E-state index in [0.717, 1.165) is 10.5 Å². The Morgan fingerprint density at radius 3 is 2.35 bits per heavy atom. The average Bonchev–Trinajstić information content (AvgIpc) is 2.53. The van der Waals surface area contributed by atoms with Gasteiger partial charge in [-0.2, -0.15) is 0 Å². The van der Waals surface area contributed by atoms with Crippen molar-refractivity contribution in [2.75, 3.05) is 5.75 Å². The van der Waals surface area contributed by atoms with Gasteiger partial charge in [0.05, 0.1) is 18.2 Å². The van der Waals surface area contributed by atoms with E-state index in [0.29, 0.717) is 5.02 Å². The summed E-state index contributed by atoms with van der Waals surface area (Å²) in [5, 5.41) is 12.4. The van der Waals surface area contributed by atoms with E-state index >= 15 is 0 Å². The Bertz CT molecular complexity index is 661. The fourth-order valence-corrected chi connectivity index (χ4v) is 2.88. The molecule has 0 aromatic heterocycles. The SMILES string of the molecule is O=C(O)C[C@H](NC(=O)CSc1ccccc1)c1ccc(Cl)cc1. The number of hydrogen-bond acceptors (Lipinski definition) is 3. The molecular weight excluding hydrogens is 334 g/mol. The number of carbonyl (C=O) groups excluding carboxylic acids is 1. The molecule has 0 bridgehead atoms. The second-order valence-corrected chi connectivity index (χ2v) is 6.36. The molecule has 0 aliphatic rings. The van der Waals surface area contributed by atoms with E-state index in [-0.39, 0.29) is 18.1 Å². The van der Waals surface area contributed by atoms with Gasteiger partial charge >= 0.3 is 5.97 Å². The van der Waals surface area contributed by atoms with Crippen LogP contribution in [0, 0.1) is 0 Å². The number of rotatable bonds is 7. The van der Waals surface area contributed by atoms with E-state index in [9.17, 15) is 9.59 Å². The molecule has 0 saturated carbocycles. The van der Waals surface area contributed by atoms with Gasteiger partial charge in [-0.1, -0.05) is 41.9 Å². The van der Waals surface area contributed by atoms with Crippen molar-refractivity contribution in [1.82, 2.24) is 5.32 Å². The summed E-state index contributed by atoms with van der Waals surface area (Å²) in [4.78, 5) is 24.1. The minimum atomic E-state index is -0.971. The number of carbonyl (C=O) groups is 2. The average molecular weight is 350 g/mol. The number of nitrogens with one attached hydrogen (secondary N) is 1. The van der Waals surface area contributed by atoms with Crippen molar-refractivity contribution in [3.63, 3.8) is 0 Å². The molecule has 6 heteroatoms. The van der Waals surface area contributed by atoms with Crippen molar-refractivity contribution in [1.29, 1.82) is 0 Å². The maximum absolute atomic E-state index is 12.1. The molecule has 0 aliphatic heterocycles. The Morgan fingerprint density at radius 1 is 1.09 bits per heavy atom. The zero-order chi connectivity index (χ0) is 16.7. The molecule has 1 atom stereocenters. The van der Waals surface area contributed by atoms with Crippen molar-refractivity contribution >= 4 is 35.2 Å². The van der Waals surface area contributed by atoms with Crippen molar-refractivity contribution in [2.24, 2.45) is 0 Å². The fraction of sp³-hybridized carbons (Fsp3) is 0.176. The lowest BCUT2D eigenvalue weighted by Gasteiger charge is -2.17. The fourth-order valence-electron chi connectivity index (χ4n) is 2.02. The summed E-state index contributed by atoms with van der Waals surface area (Å²) in [6.45, 7) is 0. The third kappa shape index (κ3) is 5.96. The lowest BCUT2D eigenvalue weighted by Crippen LogP contribution is -2.31. The van der Waals surface area contributed by atoms with Crippen LogP contribution in [-0.2, 0) is 9.59 Å². The van der Waals surface area contributed by atoms with Crippen LogP contribution >= 0.6 is 23.4 Å². The highest BCUT2D eigenvalue weighted by Crippen LogP contribution is 2.21. The first kappa shape index (κ1) is 17.4. The molecule has 2 N–H and O–H groups in total. The number of thioether (sulfide) groups is 1. The normalized spacial score (nSPS) is 11.7. The first-order valence-corrected chi connectivity index (χ1v) is 8.35. The number of benzene rings is 2. The second-order valence-electron chi connectivity index (χ2n) is 4.87. The first-order chi connectivity index (χ1) is 11.0. The van der Waals surface area contributed by atoms with Crippen LogP contribution < -0.4 is 5.32 Å². The van der Waals surface area contributed by atoms with Gasteiger partial charge in [-0.3, -0.25) is 9.59 Å². The van der Waals surface area contributed by atoms with Gasteiger partial charge in [-0.15, -0.1) is 11.8 Å². The molecule has 0 saturated heterocycles. The number of hydrogen-bond donors (Lipinski definition) is 2. The molecule has 0 heterocycles.